The number of nitrogens with zero attached hydrogens (tertiary/aromatic N) is 4. The average Bonchev–Trinajstić information content (AvgIpc) is 3.54. The topological polar surface area (TPSA) is 79.4 Å². The largest absolute Gasteiger partial charge is 0.343 e. The number of thiazole rings is 1. The van der Waals surface area contributed by atoms with E-state index in [-0.39, 0.29) is 0 Å². The maximum Gasteiger partial charge on any atom is 0.125 e. The second kappa shape index (κ2) is 9.08. The molecule has 0 amide bonds. The SMILES string of the molecule is Cc1cccc(-c2[nH]cnc2-c2ccc3ncc(-c4ncc(CC5CCNCC5)s4)cc3c2)n1. The summed E-state index contributed by atoms with van der Waals surface area (Å²) in [5, 5.41) is 5.56. The normalized spacial score (nSPS) is 14.6. The van der Waals surface area contributed by atoms with Gasteiger partial charge in [0.2, 0.25) is 0 Å². The van der Waals surface area contributed by atoms with E-state index in [0.717, 1.165) is 75.2 Å². The third-order valence-electron chi connectivity index (χ3n) is 6.49. The monoisotopic (exact) mass is 466 g/mol. The smallest absolute Gasteiger partial charge is 0.125 e. The zero-order chi connectivity index (χ0) is 22.9. The first kappa shape index (κ1) is 21.1. The van der Waals surface area contributed by atoms with E-state index in [0.29, 0.717) is 0 Å². The number of imidazole rings is 1. The number of piperidine rings is 1. The van der Waals surface area contributed by atoms with Gasteiger partial charge in [0.15, 0.2) is 0 Å². The van der Waals surface area contributed by atoms with Crippen molar-refractivity contribution < 1.29 is 0 Å². The molecule has 5 aromatic rings. The highest BCUT2D eigenvalue weighted by Gasteiger charge is 2.16. The van der Waals surface area contributed by atoms with Gasteiger partial charge in [-0.2, -0.15) is 0 Å². The van der Waals surface area contributed by atoms with E-state index in [1.807, 2.05) is 37.5 Å². The van der Waals surface area contributed by atoms with Crippen LogP contribution in [0.2, 0.25) is 0 Å². The molecule has 34 heavy (non-hydrogen) atoms. The number of pyridine rings is 2. The van der Waals surface area contributed by atoms with E-state index in [1.54, 1.807) is 17.7 Å². The summed E-state index contributed by atoms with van der Waals surface area (Å²) in [5.41, 5.74) is 6.76. The molecule has 1 aliphatic heterocycles. The third kappa shape index (κ3) is 4.24. The molecule has 6 rings (SSSR count). The molecule has 4 aromatic heterocycles. The highest BCUT2D eigenvalue weighted by molar-refractivity contribution is 7.15. The number of benzene rings is 1. The first-order valence-corrected chi connectivity index (χ1v) is 12.6. The first-order valence-electron chi connectivity index (χ1n) is 11.8. The van der Waals surface area contributed by atoms with Crippen LogP contribution in [0.5, 0.6) is 0 Å². The van der Waals surface area contributed by atoms with Crippen LogP contribution in [0.3, 0.4) is 0 Å². The number of hydrogen-bond acceptors (Lipinski definition) is 6. The summed E-state index contributed by atoms with van der Waals surface area (Å²) in [6.07, 6.45) is 9.34. The molecule has 2 N–H and O–H groups in total. The zero-order valence-electron chi connectivity index (χ0n) is 19.1. The Morgan fingerprint density at radius 1 is 0.971 bits per heavy atom. The molecule has 0 saturated carbocycles. The van der Waals surface area contributed by atoms with Crippen molar-refractivity contribution in [3.8, 4) is 33.2 Å². The highest BCUT2D eigenvalue weighted by Crippen LogP contribution is 2.33. The van der Waals surface area contributed by atoms with E-state index in [2.05, 4.69) is 44.5 Å². The van der Waals surface area contributed by atoms with Gasteiger partial charge in [0.1, 0.15) is 5.01 Å². The fraction of sp³-hybridized carbons (Fsp3) is 0.259. The lowest BCUT2D eigenvalue weighted by Gasteiger charge is -2.21. The van der Waals surface area contributed by atoms with Crippen molar-refractivity contribution in [2.45, 2.75) is 26.2 Å². The maximum atomic E-state index is 4.73. The summed E-state index contributed by atoms with van der Waals surface area (Å²) in [5.74, 6) is 0.762. The molecule has 0 aliphatic carbocycles. The van der Waals surface area contributed by atoms with E-state index in [9.17, 15) is 0 Å². The number of fused-ring (bicyclic) bond motifs is 1. The summed E-state index contributed by atoms with van der Waals surface area (Å²) < 4.78 is 0. The van der Waals surface area contributed by atoms with E-state index in [4.69, 9.17) is 9.97 Å². The summed E-state index contributed by atoms with van der Waals surface area (Å²) in [6.45, 7) is 4.26. The van der Waals surface area contributed by atoms with Crippen LogP contribution in [-0.4, -0.2) is 38.0 Å². The number of hydrogen-bond donors (Lipinski definition) is 2. The second-order valence-corrected chi connectivity index (χ2v) is 10.1. The van der Waals surface area contributed by atoms with Crippen molar-refractivity contribution >= 4 is 22.2 Å². The quantitative estimate of drug-likeness (QED) is 0.349. The Hall–Kier alpha value is -3.42. The first-order chi connectivity index (χ1) is 16.7. The predicted molar refractivity (Wildman–Crippen MR) is 138 cm³/mol. The Morgan fingerprint density at radius 2 is 1.85 bits per heavy atom. The van der Waals surface area contributed by atoms with Gasteiger partial charge in [0.25, 0.3) is 0 Å². The molecule has 0 atom stereocenters. The molecule has 1 aliphatic rings. The molecule has 1 saturated heterocycles. The lowest BCUT2D eigenvalue weighted by Crippen LogP contribution is -2.28. The van der Waals surface area contributed by atoms with Gasteiger partial charge in [-0.15, -0.1) is 11.3 Å². The number of nitrogens with one attached hydrogen (secondary N) is 2. The lowest BCUT2D eigenvalue weighted by atomic mass is 9.94. The van der Waals surface area contributed by atoms with E-state index >= 15 is 0 Å². The predicted octanol–water partition coefficient (Wildman–Crippen LogP) is 5.66. The second-order valence-electron chi connectivity index (χ2n) is 8.95. The van der Waals surface area contributed by atoms with Crippen LogP contribution >= 0.6 is 11.3 Å². The molecule has 6 nitrogen and oxygen atoms in total. The van der Waals surface area contributed by atoms with E-state index in [1.165, 1.54) is 17.7 Å². The van der Waals surface area contributed by atoms with Gasteiger partial charge < -0.3 is 10.3 Å². The third-order valence-corrected chi connectivity index (χ3v) is 7.56. The summed E-state index contributed by atoms with van der Waals surface area (Å²) in [7, 11) is 0. The Balaban J connectivity index is 1.31. The van der Waals surface area contributed by atoms with Gasteiger partial charge in [0.05, 0.1) is 28.9 Å². The summed E-state index contributed by atoms with van der Waals surface area (Å²) in [4.78, 5) is 23.4. The molecular weight excluding hydrogens is 440 g/mol. The van der Waals surface area contributed by atoms with Crippen LogP contribution in [0.15, 0.2) is 61.2 Å². The minimum atomic E-state index is 0.762. The van der Waals surface area contributed by atoms with Gasteiger partial charge in [-0.1, -0.05) is 12.1 Å². The molecule has 5 heterocycles. The van der Waals surface area contributed by atoms with Gasteiger partial charge in [-0.05, 0) is 75.5 Å². The number of aromatic nitrogens is 5. The molecule has 170 valence electrons. The fourth-order valence-corrected chi connectivity index (χ4v) is 5.70. The van der Waals surface area contributed by atoms with Crippen molar-refractivity contribution in [3.63, 3.8) is 0 Å². The van der Waals surface area contributed by atoms with Crippen LogP contribution in [-0.2, 0) is 6.42 Å². The van der Waals surface area contributed by atoms with Crippen LogP contribution in [0.1, 0.15) is 23.4 Å². The van der Waals surface area contributed by atoms with Crippen LogP contribution in [0, 0.1) is 12.8 Å². The Morgan fingerprint density at radius 3 is 2.74 bits per heavy atom. The molecule has 0 unspecified atom stereocenters. The Bertz CT molecular complexity index is 1450. The van der Waals surface area contributed by atoms with Gasteiger partial charge in [-0.3, -0.25) is 9.97 Å². The molecule has 1 aromatic carbocycles. The lowest BCUT2D eigenvalue weighted by molar-refractivity contribution is 0.374. The summed E-state index contributed by atoms with van der Waals surface area (Å²) in [6, 6.07) is 14.5. The number of rotatable bonds is 5. The summed E-state index contributed by atoms with van der Waals surface area (Å²) >= 11 is 1.79. The van der Waals surface area contributed by atoms with Gasteiger partial charge >= 0.3 is 0 Å². The van der Waals surface area contributed by atoms with Crippen molar-refractivity contribution in [3.05, 3.63) is 71.8 Å². The van der Waals surface area contributed by atoms with Crippen LogP contribution in [0.25, 0.3) is 44.1 Å². The molecular formula is C27H26N6S. The molecule has 7 heteroatoms. The van der Waals surface area contributed by atoms with Crippen LogP contribution in [0.4, 0.5) is 0 Å². The van der Waals surface area contributed by atoms with Gasteiger partial charge in [0, 0.05) is 39.5 Å². The molecule has 0 spiro atoms. The van der Waals surface area contributed by atoms with Crippen molar-refractivity contribution in [1.29, 1.82) is 0 Å². The average molecular weight is 467 g/mol. The molecule has 1 fully saturated rings. The van der Waals surface area contributed by atoms with Crippen LogP contribution < -0.4 is 5.32 Å². The Labute approximate surface area is 202 Å². The number of aromatic amines is 1. The number of H-pyrrole nitrogens is 1. The highest BCUT2D eigenvalue weighted by atomic mass is 32.1. The molecule has 0 radical (unpaired) electrons. The van der Waals surface area contributed by atoms with Gasteiger partial charge in [-0.25, -0.2) is 9.97 Å². The standard InChI is InChI=1S/C27H26N6S/c1-17-3-2-4-24(33-17)26-25(31-16-32-26)19-5-6-23-20(12-19)13-21(14-29-23)27-30-15-22(34-27)11-18-7-9-28-10-8-18/h2-6,12-16,18,28H,7-11H2,1H3,(H,31,32). The van der Waals surface area contributed by atoms with E-state index < -0.39 is 0 Å². The maximum absolute atomic E-state index is 4.73. The molecule has 0 bridgehead atoms. The van der Waals surface area contributed by atoms with Crippen molar-refractivity contribution in [2.75, 3.05) is 13.1 Å². The van der Waals surface area contributed by atoms with Crippen molar-refractivity contribution in [1.82, 2.24) is 30.2 Å². The fourth-order valence-electron chi connectivity index (χ4n) is 4.69. The minimum Gasteiger partial charge on any atom is -0.343 e. The zero-order valence-corrected chi connectivity index (χ0v) is 19.9. The number of aryl methyl sites for hydroxylation is 1. The minimum absolute atomic E-state index is 0.762. The van der Waals surface area contributed by atoms with Crippen molar-refractivity contribution in [2.24, 2.45) is 5.92 Å². The Kier molecular flexibility index (Phi) is 5.65.